The standard InChI is InChI=1S/C14H20FN3O4S/c1-9(2)8-13(19)16-17-14(20)10(3)18-23(21,22)12-7-5-4-6-11(12)15/h4-7,9-10,18H,8H2,1-3H3,(H,16,19)(H,17,20)/t10-/m0/s1. The predicted molar refractivity (Wildman–Crippen MR) is 81.9 cm³/mol. The largest absolute Gasteiger partial charge is 0.273 e. The Bertz CT molecular complexity index is 676. The van der Waals surface area contributed by atoms with E-state index in [1.165, 1.54) is 19.1 Å². The summed E-state index contributed by atoms with van der Waals surface area (Å²) in [4.78, 5) is 22.6. The second-order valence-electron chi connectivity index (χ2n) is 5.41. The van der Waals surface area contributed by atoms with Crippen molar-refractivity contribution in [3.63, 3.8) is 0 Å². The first-order chi connectivity index (χ1) is 10.6. The predicted octanol–water partition coefficient (Wildman–Crippen LogP) is 0.686. The van der Waals surface area contributed by atoms with E-state index in [2.05, 4.69) is 10.9 Å². The molecule has 0 bridgehead atoms. The van der Waals surface area contributed by atoms with Crippen LogP contribution in [0.3, 0.4) is 0 Å². The summed E-state index contributed by atoms with van der Waals surface area (Å²) < 4.78 is 39.6. The van der Waals surface area contributed by atoms with Crippen LogP contribution in [-0.2, 0) is 19.6 Å². The molecule has 1 atom stereocenters. The van der Waals surface area contributed by atoms with Crippen molar-refractivity contribution in [2.75, 3.05) is 0 Å². The fourth-order valence-corrected chi connectivity index (χ4v) is 2.96. The van der Waals surface area contributed by atoms with Gasteiger partial charge in [-0.25, -0.2) is 12.8 Å². The van der Waals surface area contributed by atoms with Crippen molar-refractivity contribution in [2.24, 2.45) is 5.92 Å². The maximum Gasteiger partial charge on any atom is 0.256 e. The van der Waals surface area contributed by atoms with Crippen LogP contribution in [0.25, 0.3) is 0 Å². The lowest BCUT2D eigenvalue weighted by atomic mass is 10.1. The van der Waals surface area contributed by atoms with Crippen molar-refractivity contribution >= 4 is 21.8 Å². The van der Waals surface area contributed by atoms with Crippen LogP contribution in [0, 0.1) is 11.7 Å². The third-order valence-corrected chi connectivity index (χ3v) is 4.34. The van der Waals surface area contributed by atoms with Gasteiger partial charge in [-0.2, -0.15) is 4.72 Å². The van der Waals surface area contributed by atoms with E-state index in [-0.39, 0.29) is 12.3 Å². The third kappa shape index (κ3) is 5.95. The SMILES string of the molecule is CC(C)CC(=O)NNC(=O)[C@H](C)NS(=O)(=O)c1ccccc1F. The van der Waals surface area contributed by atoms with Crippen molar-refractivity contribution in [3.8, 4) is 0 Å². The molecule has 9 heteroatoms. The minimum atomic E-state index is -4.19. The van der Waals surface area contributed by atoms with Crippen LogP contribution in [0.15, 0.2) is 29.2 Å². The molecule has 0 fully saturated rings. The first kappa shape index (κ1) is 19.0. The lowest BCUT2D eigenvalue weighted by Gasteiger charge is -2.15. The Labute approximate surface area is 134 Å². The Morgan fingerprint density at radius 1 is 1.13 bits per heavy atom. The number of halogens is 1. The number of amides is 2. The molecule has 0 aliphatic heterocycles. The van der Waals surface area contributed by atoms with Crippen molar-refractivity contribution in [1.29, 1.82) is 0 Å². The zero-order valence-corrected chi connectivity index (χ0v) is 13.9. The summed E-state index contributed by atoms with van der Waals surface area (Å²) in [5.41, 5.74) is 4.30. The van der Waals surface area contributed by atoms with Crippen molar-refractivity contribution in [3.05, 3.63) is 30.1 Å². The maximum absolute atomic E-state index is 13.5. The Hall–Kier alpha value is -2.00. The average molecular weight is 345 g/mol. The van der Waals surface area contributed by atoms with Crippen LogP contribution < -0.4 is 15.6 Å². The van der Waals surface area contributed by atoms with E-state index >= 15 is 0 Å². The zero-order chi connectivity index (χ0) is 17.6. The fourth-order valence-electron chi connectivity index (χ4n) is 1.67. The van der Waals surface area contributed by atoms with Crippen molar-refractivity contribution in [1.82, 2.24) is 15.6 Å². The Kier molecular flexibility index (Phi) is 6.64. The van der Waals surface area contributed by atoms with E-state index in [0.29, 0.717) is 0 Å². The summed E-state index contributed by atoms with van der Waals surface area (Å²) in [6, 6.07) is 3.63. The zero-order valence-electron chi connectivity index (χ0n) is 13.1. The number of carbonyl (C=O) groups excluding carboxylic acids is 2. The van der Waals surface area contributed by atoms with Gasteiger partial charge in [-0.1, -0.05) is 26.0 Å². The van der Waals surface area contributed by atoms with E-state index in [4.69, 9.17) is 0 Å². The van der Waals surface area contributed by atoms with Crippen LogP contribution in [0.5, 0.6) is 0 Å². The summed E-state index contributed by atoms with van der Waals surface area (Å²) >= 11 is 0. The van der Waals surface area contributed by atoms with Gasteiger partial charge < -0.3 is 0 Å². The highest BCUT2D eigenvalue weighted by Gasteiger charge is 2.24. The molecule has 1 aromatic rings. The molecule has 0 saturated heterocycles. The van der Waals surface area contributed by atoms with Crippen LogP contribution >= 0.6 is 0 Å². The van der Waals surface area contributed by atoms with Gasteiger partial charge in [0.15, 0.2) is 0 Å². The number of benzene rings is 1. The molecule has 2 amide bonds. The average Bonchev–Trinajstić information content (AvgIpc) is 2.43. The van der Waals surface area contributed by atoms with Crippen LogP contribution in [0.1, 0.15) is 27.2 Å². The second kappa shape index (κ2) is 8.02. The van der Waals surface area contributed by atoms with Crippen LogP contribution in [-0.4, -0.2) is 26.3 Å². The molecule has 23 heavy (non-hydrogen) atoms. The topological polar surface area (TPSA) is 104 Å². The normalized spacial score (nSPS) is 12.7. The number of carbonyl (C=O) groups is 2. The smallest absolute Gasteiger partial charge is 0.256 e. The van der Waals surface area contributed by atoms with Gasteiger partial charge in [0.25, 0.3) is 5.91 Å². The molecule has 0 spiro atoms. The molecule has 0 aliphatic rings. The third-order valence-electron chi connectivity index (χ3n) is 2.77. The molecule has 0 saturated carbocycles. The van der Waals surface area contributed by atoms with Crippen molar-refractivity contribution < 1.29 is 22.4 Å². The van der Waals surface area contributed by atoms with E-state index in [9.17, 15) is 22.4 Å². The van der Waals surface area contributed by atoms with Crippen molar-refractivity contribution in [2.45, 2.75) is 38.1 Å². The molecule has 128 valence electrons. The number of hydrogen-bond donors (Lipinski definition) is 3. The highest BCUT2D eigenvalue weighted by Crippen LogP contribution is 2.13. The number of rotatable bonds is 6. The molecular formula is C14H20FN3O4S. The molecule has 0 unspecified atom stereocenters. The molecule has 1 rings (SSSR count). The van der Waals surface area contributed by atoms with Gasteiger partial charge in [0.2, 0.25) is 15.9 Å². The minimum absolute atomic E-state index is 0.115. The van der Waals surface area contributed by atoms with E-state index in [0.717, 1.165) is 12.1 Å². The fraction of sp³-hybridized carbons (Fsp3) is 0.429. The van der Waals surface area contributed by atoms with E-state index < -0.39 is 38.6 Å². The molecular weight excluding hydrogens is 325 g/mol. The summed E-state index contributed by atoms with van der Waals surface area (Å²) in [6.07, 6.45) is 0.218. The first-order valence-electron chi connectivity index (χ1n) is 6.99. The summed E-state index contributed by atoms with van der Waals surface area (Å²) in [5.74, 6) is -1.96. The van der Waals surface area contributed by atoms with Gasteiger partial charge in [-0.05, 0) is 25.0 Å². The Morgan fingerprint density at radius 3 is 2.30 bits per heavy atom. The van der Waals surface area contributed by atoms with Gasteiger partial charge in [-0.15, -0.1) is 0 Å². The van der Waals surface area contributed by atoms with Gasteiger partial charge in [0.1, 0.15) is 10.7 Å². The van der Waals surface area contributed by atoms with Gasteiger partial charge in [-0.3, -0.25) is 20.4 Å². The summed E-state index contributed by atoms with van der Waals surface area (Å²) in [5, 5.41) is 0. The van der Waals surface area contributed by atoms with E-state index in [1.807, 2.05) is 18.6 Å². The number of hydrogen-bond acceptors (Lipinski definition) is 4. The molecule has 1 aromatic carbocycles. The Morgan fingerprint density at radius 2 is 1.74 bits per heavy atom. The maximum atomic E-state index is 13.5. The summed E-state index contributed by atoms with van der Waals surface area (Å²) in [6.45, 7) is 4.96. The van der Waals surface area contributed by atoms with Gasteiger partial charge >= 0.3 is 0 Å². The first-order valence-corrected chi connectivity index (χ1v) is 8.47. The monoisotopic (exact) mass is 345 g/mol. The van der Waals surface area contributed by atoms with Gasteiger partial charge in [0.05, 0.1) is 6.04 Å². The Balaban J connectivity index is 2.64. The van der Waals surface area contributed by atoms with Crippen LogP contribution in [0.2, 0.25) is 0 Å². The van der Waals surface area contributed by atoms with E-state index in [1.54, 1.807) is 0 Å². The molecule has 0 heterocycles. The molecule has 0 radical (unpaired) electrons. The number of hydrazine groups is 1. The molecule has 0 aromatic heterocycles. The van der Waals surface area contributed by atoms with Crippen LogP contribution in [0.4, 0.5) is 4.39 Å². The molecule has 0 aliphatic carbocycles. The van der Waals surface area contributed by atoms with Gasteiger partial charge in [0, 0.05) is 6.42 Å². The summed E-state index contributed by atoms with van der Waals surface area (Å²) in [7, 11) is -4.19. The number of nitrogens with one attached hydrogen (secondary N) is 3. The quantitative estimate of drug-likeness (QED) is 0.660. The minimum Gasteiger partial charge on any atom is -0.273 e. The lowest BCUT2D eigenvalue weighted by Crippen LogP contribution is -2.51. The number of sulfonamides is 1. The highest BCUT2D eigenvalue weighted by atomic mass is 32.2. The highest BCUT2D eigenvalue weighted by molar-refractivity contribution is 7.89. The molecule has 3 N–H and O–H groups in total. The lowest BCUT2D eigenvalue weighted by molar-refractivity contribution is -0.129. The second-order valence-corrected chi connectivity index (χ2v) is 7.09. The molecule has 7 nitrogen and oxygen atoms in total.